The van der Waals surface area contributed by atoms with Gasteiger partial charge in [-0.25, -0.2) is 0 Å². The van der Waals surface area contributed by atoms with E-state index in [9.17, 15) is 13.6 Å². The standard InChI is InChI=1S/C18H20F2O3/c19-18(20)23-15-9-8-14(10-16(15)22-11-12-6-7-12)17(21)13-4-2-1-3-5-13/h4,8-10,12,18H,1-3,5-7,11H2. The number of ether oxygens (including phenoxy) is 2. The Hall–Kier alpha value is -1.91. The van der Waals surface area contributed by atoms with Crippen LogP contribution in [0.4, 0.5) is 8.78 Å². The molecule has 0 N–H and O–H groups in total. The first-order valence-electron chi connectivity index (χ1n) is 8.09. The molecule has 5 heteroatoms. The molecule has 3 rings (SSSR count). The highest BCUT2D eigenvalue weighted by Gasteiger charge is 2.24. The Balaban J connectivity index is 1.80. The van der Waals surface area contributed by atoms with Crippen LogP contribution in [0.3, 0.4) is 0 Å². The van der Waals surface area contributed by atoms with Crippen LogP contribution in [0.2, 0.25) is 0 Å². The molecule has 1 fully saturated rings. The minimum absolute atomic E-state index is 0.0187. The van der Waals surface area contributed by atoms with Gasteiger partial charge in [0.05, 0.1) is 6.61 Å². The SMILES string of the molecule is O=C(C1=CCCCC1)c1ccc(OC(F)F)c(OCC2CC2)c1. The lowest BCUT2D eigenvalue weighted by Crippen LogP contribution is -2.09. The average molecular weight is 322 g/mol. The molecule has 0 aromatic heterocycles. The number of hydrogen-bond acceptors (Lipinski definition) is 3. The summed E-state index contributed by atoms with van der Waals surface area (Å²) < 4.78 is 35.1. The summed E-state index contributed by atoms with van der Waals surface area (Å²) in [5.74, 6) is 0.633. The Labute approximate surface area is 134 Å². The van der Waals surface area contributed by atoms with Gasteiger partial charge in [-0.2, -0.15) is 8.78 Å². The number of hydrogen-bond donors (Lipinski definition) is 0. The van der Waals surface area contributed by atoms with Crippen LogP contribution in [0.1, 0.15) is 48.9 Å². The maximum absolute atomic E-state index is 12.5. The fraction of sp³-hybridized carbons (Fsp3) is 0.500. The molecule has 0 bridgehead atoms. The number of ketones is 1. The number of carbonyl (C=O) groups is 1. The topological polar surface area (TPSA) is 35.5 Å². The predicted octanol–water partition coefficient (Wildman–Crippen LogP) is 4.76. The smallest absolute Gasteiger partial charge is 0.387 e. The molecule has 0 aliphatic heterocycles. The molecule has 0 atom stereocenters. The second-order valence-electron chi connectivity index (χ2n) is 6.10. The third-order valence-corrected chi connectivity index (χ3v) is 4.18. The van der Waals surface area contributed by atoms with E-state index >= 15 is 0 Å². The summed E-state index contributed by atoms with van der Waals surface area (Å²) in [6.07, 6.45) is 7.96. The molecule has 0 spiro atoms. The summed E-state index contributed by atoms with van der Waals surface area (Å²) in [7, 11) is 0. The molecule has 0 radical (unpaired) electrons. The molecular weight excluding hydrogens is 302 g/mol. The van der Waals surface area contributed by atoms with Crippen molar-refractivity contribution in [3.63, 3.8) is 0 Å². The highest BCUT2D eigenvalue weighted by molar-refractivity contribution is 6.09. The predicted molar refractivity (Wildman–Crippen MR) is 82.2 cm³/mol. The van der Waals surface area contributed by atoms with Gasteiger partial charge >= 0.3 is 6.61 Å². The van der Waals surface area contributed by atoms with Crippen LogP contribution in [-0.2, 0) is 0 Å². The number of benzene rings is 1. The summed E-state index contributed by atoms with van der Waals surface area (Å²) in [5.41, 5.74) is 1.26. The fourth-order valence-electron chi connectivity index (χ4n) is 2.68. The zero-order valence-corrected chi connectivity index (χ0v) is 12.9. The van der Waals surface area contributed by atoms with E-state index in [-0.39, 0.29) is 17.3 Å². The van der Waals surface area contributed by atoms with E-state index in [2.05, 4.69) is 4.74 Å². The third kappa shape index (κ3) is 4.30. The molecule has 23 heavy (non-hydrogen) atoms. The summed E-state index contributed by atoms with van der Waals surface area (Å²) in [6, 6.07) is 4.45. The number of rotatable bonds is 7. The Morgan fingerprint density at radius 2 is 2.04 bits per heavy atom. The first-order chi connectivity index (χ1) is 11.1. The zero-order valence-electron chi connectivity index (χ0n) is 12.9. The van der Waals surface area contributed by atoms with Gasteiger partial charge in [-0.1, -0.05) is 6.08 Å². The lowest BCUT2D eigenvalue weighted by Gasteiger charge is -2.15. The summed E-state index contributed by atoms with van der Waals surface area (Å²) >= 11 is 0. The van der Waals surface area contributed by atoms with Gasteiger partial charge in [0.2, 0.25) is 0 Å². The highest BCUT2D eigenvalue weighted by atomic mass is 19.3. The van der Waals surface area contributed by atoms with Crippen molar-refractivity contribution in [2.75, 3.05) is 6.61 Å². The maximum atomic E-state index is 12.5. The second kappa shape index (κ2) is 7.11. The Kier molecular flexibility index (Phi) is 4.94. The van der Waals surface area contributed by atoms with E-state index in [1.807, 2.05) is 6.08 Å². The molecule has 1 aromatic carbocycles. The van der Waals surface area contributed by atoms with Gasteiger partial charge in [0.15, 0.2) is 17.3 Å². The molecule has 0 heterocycles. The van der Waals surface area contributed by atoms with Gasteiger partial charge in [-0.15, -0.1) is 0 Å². The fourth-order valence-corrected chi connectivity index (χ4v) is 2.68. The molecule has 0 unspecified atom stereocenters. The van der Waals surface area contributed by atoms with Crippen molar-refractivity contribution in [1.29, 1.82) is 0 Å². The van der Waals surface area contributed by atoms with Gasteiger partial charge in [-0.3, -0.25) is 4.79 Å². The van der Waals surface area contributed by atoms with E-state index in [1.54, 1.807) is 0 Å². The lowest BCUT2D eigenvalue weighted by atomic mass is 9.93. The van der Waals surface area contributed by atoms with E-state index in [1.165, 1.54) is 18.2 Å². The van der Waals surface area contributed by atoms with E-state index in [0.29, 0.717) is 18.1 Å². The first kappa shape index (κ1) is 16.0. The van der Waals surface area contributed by atoms with Gasteiger partial charge in [-0.05, 0) is 68.2 Å². The summed E-state index contributed by atoms with van der Waals surface area (Å²) in [5, 5.41) is 0. The lowest BCUT2D eigenvalue weighted by molar-refractivity contribution is -0.0515. The largest absolute Gasteiger partial charge is 0.489 e. The minimum Gasteiger partial charge on any atom is -0.489 e. The molecule has 1 saturated carbocycles. The van der Waals surface area contributed by atoms with Crippen molar-refractivity contribution in [3.05, 3.63) is 35.4 Å². The normalized spacial score (nSPS) is 17.8. The van der Waals surface area contributed by atoms with Crippen LogP contribution in [-0.4, -0.2) is 19.0 Å². The molecule has 3 nitrogen and oxygen atoms in total. The monoisotopic (exact) mass is 322 g/mol. The summed E-state index contributed by atoms with van der Waals surface area (Å²) in [4.78, 5) is 12.5. The molecule has 2 aliphatic rings. The van der Waals surface area contributed by atoms with Gasteiger partial charge in [0.25, 0.3) is 0 Å². The van der Waals surface area contributed by atoms with Crippen molar-refractivity contribution in [2.24, 2.45) is 5.92 Å². The number of allylic oxidation sites excluding steroid dienone is 2. The molecule has 124 valence electrons. The Morgan fingerprint density at radius 1 is 1.22 bits per heavy atom. The number of Topliss-reactive ketones (excluding diaryl/α,β-unsaturated/α-hetero) is 1. The summed E-state index contributed by atoms with van der Waals surface area (Å²) in [6.45, 7) is -2.44. The van der Waals surface area contributed by atoms with Gasteiger partial charge in [0.1, 0.15) is 0 Å². The molecule has 2 aliphatic carbocycles. The third-order valence-electron chi connectivity index (χ3n) is 4.18. The van der Waals surface area contributed by atoms with Crippen LogP contribution in [0, 0.1) is 5.92 Å². The van der Waals surface area contributed by atoms with Crippen LogP contribution in [0.15, 0.2) is 29.8 Å². The maximum Gasteiger partial charge on any atom is 0.387 e. The number of alkyl halides is 2. The van der Waals surface area contributed by atoms with Crippen LogP contribution in [0.5, 0.6) is 11.5 Å². The molecular formula is C18H20F2O3. The zero-order chi connectivity index (χ0) is 16.2. The number of carbonyl (C=O) groups excluding carboxylic acids is 1. The molecule has 0 saturated heterocycles. The molecule has 1 aromatic rings. The van der Waals surface area contributed by atoms with Gasteiger partial charge < -0.3 is 9.47 Å². The van der Waals surface area contributed by atoms with Crippen molar-refractivity contribution in [1.82, 2.24) is 0 Å². The van der Waals surface area contributed by atoms with Crippen LogP contribution in [0.25, 0.3) is 0 Å². The quantitative estimate of drug-likeness (QED) is 0.679. The van der Waals surface area contributed by atoms with E-state index in [0.717, 1.165) is 44.1 Å². The highest BCUT2D eigenvalue weighted by Crippen LogP contribution is 2.35. The Morgan fingerprint density at radius 3 is 2.70 bits per heavy atom. The first-order valence-corrected chi connectivity index (χ1v) is 8.09. The Bertz CT molecular complexity index is 606. The van der Waals surface area contributed by atoms with Gasteiger partial charge in [0, 0.05) is 5.56 Å². The van der Waals surface area contributed by atoms with Crippen molar-refractivity contribution < 1.29 is 23.0 Å². The van der Waals surface area contributed by atoms with E-state index in [4.69, 9.17) is 4.74 Å². The van der Waals surface area contributed by atoms with Crippen LogP contribution >= 0.6 is 0 Å². The van der Waals surface area contributed by atoms with E-state index < -0.39 is 6.61 Å². The molecule has 0 amide bonds. The van der Waals surface area contributed by atoms with Crippen molar-refractivity contribution in [2.45, 2.75) is 45.1 Å². The average Bonchev–Trinajstić information content (AvgIpc) is 3.38. The van der Waals surface area contributed by atoms with Crippen molar-refractivity contribution in [3.8, 4) is 11.5 Å². The second-order valence-corrected chi connectivity index (χ2v) is 6.10. The number of halogens is 2. The minimum atomic E-state index is -2.92. The van der Waals surface area contributed by atoms with Crippen molar-refractivity contribution >= 4 is 5.78 Å². The van der Waals surface area contributed by atoms with Crippen LogP contribution < -0.4 is 9.47 Å².